The summed E-state index contributed by atoms with van der Waals surface area (Å²) >= 11 is 3.05. The van der Waals surface area contributed by atoms with Crippen LogP contribution in [-0.4, -0.2) is 10.9 Å². The Kier molecular flexibility index (Phi) is 3.87. The van der Waals surface area contributed by atoms with E-state index in [1.54, 1.807) is 20.8 Å². The average molecular weight is 302 g/mol. The average Bonchev–Trinajstić information content (AvgIpc) is 2.19. The van der Waals surface area contributed by atoms with Crippen LogP contribution in [0.1, 0.15) is 20.8 Å². The topological polar surface area (TPSA) is 69.4 Å². The highest BCUT2D eigenvalue weighted by Gasteiger charge is 2.24. The van der Waals surface area contributed by atoms with Gasteiger partial charge in [0.1, 0.15) is 5.75 Å². The Balaban J connectivity index is 2.98. The van der Waals surface area contributed by atoms with Gasteiger partial charge in [-0.3, -0.25) is 14.9 Å². The molecule has 0 unspecified atom stereocenters. The summed E-state index contributed by atoms with van der Waals surface area (Å²) in [4.78, 5) is 21.7. The fourth-order valence-electron chi connectivity index (χ4n) is 0.956. The number of halogens is 1. The molecule has 0 saturated heterocycles. The van der Waals surface area contributed by atoms with Gasteiger partial charge in [0.05, 0.1) is 20.9 Å². The van der Waals surface area contributed by atoms with Gasteiger partial charge in [-0.15, -0.1) is 0 Å². The summed E-state index contributed by atoms with van der Waals surface area (Å²) in [6.45, 7) is 5.13. The van der Waals surface area contributed by atoms with Gasteiger partial charge in [-0.2, -0.15) is 0 Å². The van der Waals surface area contributed by atoms with E-state index in [0.717, 1.165) is 0 Å². The number of benzene rings is 1. The summed E-state index contributed by atoms with van der Waals surface area (Å²) in [5.74, 6) is -0.269. The van der Waals surface area contributed by atoms with Crippen LogP contribution < -0.4 is 4.74 Å². The second-order valence-corrected chi connectivity index (χ2v) is 5.36. The standard InChI is InChI=1S/C11H12BrNO4/c1-11(2,3)10(14)17-7-4-5-8(12)9(6-7)13(15)16/h4-6H,1-3H3. The summed E-state index contributed by atoms with van der Waals surface area (Å²) in [5.41, 5.74) is -0.786. The van der Waals surface area contributed by atoms with Crippen molar-refractivity contribution < 1.29 is 14.5 Å². The molecule has 17 heavy (non-hydrogen) atoms. The molecular formula is C11H12BrNO4. The number of nitrogens with zero attached hydrogens (tertiary/aromatic N) is 1. The molecule has 0 spiro atoms. The Hall–Kier alpha value is -1.43. The van der Waals surface area contributed by atoms with Gasteiger partial charge >= 0.3 is 5.97 Å². The maximum Gasteiger partial charge on any atom is 0.316 e. The zero-order valence-corrected chi connectivity index (χ0v) is 11.3. The number of carbonyl (C=O) groups excluding carboxylic acids is 1. The van der Waals surface area contributed by atoms with Crippen LogP contribution in [0.25, 0.3) is 0 Å². The molecule has 1 aromatic carbocycles. The fourth-order valence-corrected chi connectivity index (χ4v) is 1.35. The van der Waals surface area contributed by atoms with Gasteiger partial charge in [0.2, 0.25) is 0 Å². The van der Waals surface area contributed by atoms with E-state index in [1.165, 1.54) is 18.2 Å². The number of nitro groups is 1. The lowest BCUT2D eigenvalue weighted by atomic mass is 9.97. The van der Waals surface area contributed by atoms with Crippen LogP contribution in [0.5, 0.6) is 5.75 Å². The van der Waals surface area contributed by atoms with E-state index < -0.39 is 16.3 Å². The van der Waals surface area contributed by atoms with Gasteiger partial charge in [0, 0.05) is 0 Å². The molecule has 0 aliphatic carbocycles. The molecule has 0 aliphatic rings. The number of carbonyl (C=O) groups is 1. The summed E-state index contributed by atoms with van der Waals surface area (Å²) in [6.07, 6.45) is 0. The summed E-state index contributed by atoms with van der Waals surface area (Å²) in [7, 11) is 0. The van der Waals surface area contributed by atoms with Crippen LogP contribution in [0.2, 0.25) is 0 Å². The zero-order chi connectivity index (χ0) is 13.2. The lowest BCUT2D eigenvalue weighted by Crippen LogP contribution is -2.25. The molecule has 0 fully saturated rings. The van der Waals surface area contributed by atoms with Crippen molar-refractivity contribution in [2.75, 3.05) is 0 Å². The molecule has 0 saturated carbocycles. The summed E-state index contributed by atoms with van der Waals surface area (Å²) < 4.78 is 5.41. The first-order chi connectivity index (χ1) is 7.71. The van der Waals surface area contributed by atoms with Crippen LogP contribution in [0.15, 0.2) is 22.7 Å². The monoisotopic (exact) mass is 301 g/mol. The molecule has 92 valence electrons. The minimum Gasteiger partial charge on any atom is -0.426 e. The maximum absolute atomic E-state index is 11.6. The first kappa shape index (κ1) is 13.6. The van der Waals surface area contributed by atoms with Crippen molar-refractivity contribution in [2.45, 2.75) is 20.8 Å². The van der Waals surface area contributed by atoms with Crippen LogP contribution in [0, 0.1) is 15.5 Å². The highest BCUT2D eigenvalue weighted by molar-refractivity contribution is 9.10. The lowest BCUT2D eigenvalue weighted by Gasteiger charge is -2.16. The second-order valence-electron chi connectivity index (χ2n) is 4.51. The number of nitro benzene ring substituents is 1. The third-order valence-corrected chi connectivity index (χ3v) is 2.61. The van der Waals surface area contributed by atoms with E-state index in [2.05, 4.69) is 15.9 Å². The first-order valence-corrected chi connectivity index (χ1v) is 5.67. The Morgan fingerprint density at radius 2 is 2.00 bits per heavy atom. The number of hydrogen-bond acceptors (Lipinski definition) is 4. The van der Waals surface area contributed by atoms with Gasteiger partial charge in [0.15, 0.2) is 0 Å². The van der Waals surface area contributed by atoms with Gasteiger partial charge in [-0.05, 0) is 48.8 Å². The first-order valence-electron chi connectivity index (χ1n) is 4.88. The largest absolute Gasteiger partial charge is 0.426 e. The summed E-state index contributed by atoms with van der Waals surface area (Å²) in [6, 6.07) is 4.19. The third kappa shape index (κ3) is 3.52. The molecule has 1 aromatic rings. The van der Waals surface area contributed by atoms with E-state index in [4.69, 9.17) is 4.74 Å². The molecule has 6 heteroatoms. The van der Waals surface area contributed by atoms with Crippen molar-refractivity contribution in [2.24, 2.45) is 5.41 Å². The van der Waals surface area contributed by atoms with Gasteiger partial charge < -0.3 is 4.74 Å². The van der Waals surface area contributed by atoms with E-state index in [-0.39, 0.29) is 11.4 Å². The zero-order valence-electron chi connectivity index (χ0n) is 9.69. The molecule has 0 amide bonds. The van der Waals surface area contributed by atoms with Crippen molar-refractivity contribution in [1.29, 1.82) is 0 Å². The Labute approximate surface area is 107 Å². The SMILES string of the molecule is CC(C)(C)C(=O)Oc1ccc(Br)c([N+](=O)[O-])c1. The maximum atomic E-state index is 11.6. The van der Waals surface area contributed by atoms with Crippen LogP contribution in [0.3, 0.4) is 0 Å². The van der Waals surface area contributed by atoms with Crippen LogP contribution >= 0.6 is 15.9 Å². The van der Waals surface area contributed by atoms with E-state index in [9.17, 15) is 14.9 Å². The van der Waals surface area contributed by atoms with E-state index >= 15 is 0 Å². The predicted octanol–water partition coefficient (Wildman–Crippen LogP) is 3.31. The second kappa shape index (κ2) is 4.83. The number of hydrogen-bond donors (Lipinski definition) is 0. The third-order valence-electron chi connectivity index (χ3n) is 1.94. The quantitative estimate of drug-likeness (QED) is 0.364. The van der Waals surface area contributed by atoms with Gasteiger partial charge in [-0.25, -0.2) is 0 Å². The highest BCUT2D eigenvalue weighted by Crippen LogP contribution is 2.30. The number of ether oxygens (including phenoxy) is 1. The molecular weight excluding hydrogens is 290 g/mol. The molecule has 5 nitrogen and oxygen atoms in total. The molecule has 0 radical (unpaired) electrons. The summed E-state index contributed by atoms with van der Waals surface area (Å²) in [5, 5.41) is 10.7. The number of rotatable bonds is 2. The Morgan fingerprint density at radius 1 is 1.41 bits per heavy atom. The highest BCUT2D eigenvalue weighted by atomic mass is 79.9. The smallest absolute Gasteiger partial charge is 0.316 e. The Morgan fingerprint density at radius 3 is 2.47 bits per heavy atom. The van der Waals surface area contributed by atoms with E-state index in [1.807, 2.05) is 0 Å². The van der Waals surface area contributed by atoms with Crippen molar-refractivity contribution >= 4 is 27.6 Å². The molecule has 0 aliphatic heterocycles. The van der Waals surface area contributed by atoms with Gasteiger partial charge in [-0.1, -0.05) is 0 Å². The van der Waals surface area contributed by atoms with Crippen molar-refractivity contribution in [1.82, 2.24) is 0 Å². The van der Waals surface area contributed by atoms with Crippen molar-refractivity contribution in [3.05, 3.63) is 32.8 Å². The fraction of sp³-hybridized carbons (Fsp3) is 0.364. The molecule has 0 N–H and O–H groups in total. The normalized spacial score (nSPS) is 11.1. The minimum absolute atomic E-state index is 0.135. The van der Waals surface area contributed by atoms with Crippen LogP contribution in [-0.2, 0) is 4.79 Å². The Bertz CT molecular complexity index is 465. The lowest BCUT2D eigenvalue weighted by molar-refractivity contribution is -0.385. The molecule has 1 rings (SSSR count). The molecule has 0 bridgehead atoms. The van der Waals surface area contributed by atoms with Gasteiger partial charge in [0.25, 0.3) is 5.69 Å². The number of esters is 1. The predicted molar refractivity (Wildman–Crippen MR) is 65.9 cm³/mol. The molecule has 0 heterocycles. The van der Waals surface area contributed by atoms with Crippen molar-refractivity contribution in [3.8, 4) is 5.75 Å². The van der Waals surface area contributed by atoms with Crippen LogP contribution in [0.4, 0.5) is 5.69 Å². The van der Waals surface area contributed by atoms with E-state index in [0.29, 0.717) is 4.47 Å². The van der Waals surface area contributed by atoms with Crippen molar-refractivity contribution in [3.63, 3.8) is 0 Å². The molecule has 0 aromatic heterocycles. The molecule has 0 atom stereocenters. The minimum atomic E-state index is -0.651.